The molecule has 5 aliphatic rings. The van der Waals surface area contributed by atoms with Gasteiger partial charge in [0.05, 0.1) is 0 Å². The van der Waals surface area contributed by atoms with E-state index in [1.807, 2.05) is 0 Å². The first-order chi connectivity index (χ1) is 10.8. The Balaban J connectivity index is 1.84. The van der Waals surface area contributed by atoms with E-state index in [-0.39, 0.29) is 0 Å². The van der Waals surface area contributed by atoms with Crippen molar-refractivity contribution in [3.63, 3.8) is 0 Å². The Morgan fingerprint density at radius 1 is 0.591 bits per heavy atom. The lowest BCUT2D eigenvalue weighted by molar-refractivity contribution is 0.0981. The van der Waals surface area contributed by atoms with Crippen LogP contribution in [0.25, 0.3) is 0 Å². The van der Waals surface area contributed by atoms with Crippen LogP contribution in [0.3, 0.4) is 0 Å². The summed E-state index contributed by atoms with van der Waals surface area (Å²) in [7, 11) is 0. The maximum absolute atomic E-state index is 12.6. The van der Waals surface area contributed by atoms with Crippen LogP contribution in [-0.2, 0) is 32.1 Å². The number of rotatable bonds is 0. The quantitative estimate of drug-likeness (QED) is 0.654. The van der Waals surface area contributed by atoms with Crippen LogP contribution in [0, 0.1) is 0 Å². The Labute approximate surface area is 132 Å². The molecule has 0 heterocycles. The smallest absolute Gasteiger partial charge is 0.163 e. The Morgan fingerprint density at radius 3 is 1.91 bits per heavy atom. The normalized spacial score (nSPS) is 17.5. The molecule has 22 heavy (non-hydrogen) atoms. The first-order valence-corrected chi connectivity index (χ1v) is 8.56. The van der Waals surface area contributed by atoms with Gasteiger partial charge in [0.25, 0.3) is 0 Å². The minimum atomic E-state index is 0.385. The van der Waals surface area contributed by atoms with E-state index in [1.54, 1.807) is 0 Å². The molecule has 7 rings (SSSR count). The van der Waals surface area contributed by atoms with E-state index in [0.29, 0.717) is 5.78 Å². The molecule has 4 bridgehead atoms. The summed E-state index contributed by atoms with van der Waals surface area (Å²) in [5.74, 6) is 0.385. The molecule has 0 unspecified atom stereocenters. The largest absolute Gasteiger partial charge is 0.294 e. The van der Waals surface area contributed by atoms with Crippen molar-refractivity contribution in [2.24, 2.45) is 0 Å². The minimum absolute atomic E-state index is 0.385. The van der Waals surface area contributed by atoms with E-state index in [9.17, 15) is 4.79 Å². The molecule has 0 N–H and O–H groups in total. The third-order valence-corrected chi connectivity index (χ3v) is 5.24. The highest BCUT2D eigenvalue weighted by atomic mass is 16.1. The van der Waals surface area contributed by atoms with Crippen molar-refractivity contribution in [1.82, 2.24) is 0 Å². The number of hydrogen-bond donors (Lipinski definition) is 0. The third-order valence-electron chi connectivity index (χ3n) is 5.24. The van der Waals surface area contributed by atoms with Crippen LogP contribution < -0.4 is 0 Å². The van der Waals surface area contributed by atoms with Gasteiger partial charge in [0, 0.05) is 12.0 Å². The molecule has 0 amide bonds. The van der Waals surface area contributed by atoms with Crippen LogP contribution in [0.2, 0.25) is 0 Å². The van der Waals surface area contributed by atoms with Crippen molar-refractivity contribution in [2.45, 2.75) is 51.4 Å². The molecule has 0 radical (unpaired) electrons. The zero-order valence-corrected chi connectivity index (χ0v) is 13.0. The van der Waals surface area contributed by atoms with Gasteiger partial charge in [-0.2, -0.15) is 0 Å². The van der Waals surface area contributed by atoms with E-state index in [1.165, 1.54) is 27.8 Å². The van der Waals surface area contributed by atoms with E-state index in [2.05, 4.69) is 36.4 Å². The third kappa shape index (κ3) is 2.49. The predicted octanol–water partition coefficient (Wildman–Crippen LogP) is 4.48. The molecule has 0 aromatic heterocycles. The van der Waals surface area contributed by atoms with Crippen LogP contribution in [-0.4, -0.2) is 5.78 Å². The van der Waals surface area contributed by atoms with Crippen molar-refractivity contribution in [1.29, 1.82) is 0 Å². The summed E-state index contributed by atoms with van der Waals surface area (Å²) in [6.45, 7) is 0. The molecule has 2 aromatic carbocycles. The number of carbonyl (C=O) groups excluding carboxylic acids is 1. The van der Waals surface area contributed by atoms with Gasteiger partial charge in [0.2, 0.25) is 0 Å². The van der Waals surface area contributed by atoms with Gasteiger partial charge in [-0.15, -0.1) is 0 Å². The van der Waals surface area contributed by atoms with Crippen LogP contribution in [0.15, 0.2) is 36.4 Å². The summed E-state index contributed by atoms with van der Waals surface area (Å²) in [4.78, 5) is 12.6. The predicted molar refractivity (Wildman–Crippen MR) is 89.6 cm³/mol. The number of ketones is 1. The number of benzene rings is 2. The van der Waals surface area contributed by atoms with Gasteiger partial charge in [-0.3, -0.25) is 4.79 Å². The maximum Gasteiger partial charge on any atom is 0.163 e. The minimum Gasteiger partial charge on any atom is -0.294 e. The number of aryl methyl sites for hydroxylation is 4. The zero-order valence-electron chi connectivity index (χ0n) is 13.0. The number of Topliss-reactive ketones (excluding diaryl/α,β-unsaturated/α-hetero) is 1. The molecule has 0 atom stereocenters. The summed E-state index contributed by atoms with van der Waals surface area (Å²) >= 11 is 0. The fourth-order valence-electron chi connectivity index (χ4n) is 3.96. The Kier molecular flexibility index (Phi) is 3.57. The van der Waals surface area contributed by atoms with Gasteiger partial charge < -0.3 is 0 Å². The molecule has 0 saturated carbocycles. The first-order valence-electron chi connectivity index (χ1n) is 8.56. The molecule has 112 valence electrons. The van der Waals surface area contributed by atoms with Crippen LogP contribution >= 0.6 is 0 Å². The molecule has 1 heteroatoms. The van der Waals surface area contributed by atoms with Gasteiger partial charge in [-0.05, 0) is 72.8 Å². The standard InChI is InChI=1S/C21H22O/c22-20-4-2-1-3-19-17-11-9-15-5-7-16(8-6-15)10-12-18(14-13-17)21(19)20/h5-8,13-14H,1-4,9-12H2. The van der Waals surface area contributed by atoms with Crippen molar-refractivity contribution < 1.29 is 4.79 Å². The SMILES string of the molecule is O=C1CCCCc2c3ccc(c21)CCc1ccc(cc1)CC3. The van der Waals surface area contributed by atoms with E-state index >= 15 is 0 Å². The van der Waals surface area contributed by atoms with Gasteiger partial charge in [0.1, 0.15) is 0 Å². The van der Waals surface area contributed by atoms with Gasteiger partial charge >= 0.3 is 0 Å². The van der Waals surface area contributed by atoms with Gasteiger partial charge in [-0.1, -0.05) is 36.4 Å². The Morgan fingerprint density at radius 2 is 1.18 bits per heavy atom. The zero-order chi connectivity index (χ0) is 14.9. The second kappa shape index (κ2) is 5.72. The summed E-state index contributed by atoms with van der Waals surface area (Å²) in [6, 6.07) is 13.6. The van der Waals surface area contributed by atoms with Crippen molar-refractivity contribution in [3.05, 3.63) is 69.8 Å². The summed E-state index contributed by atoms with van der Waals surface area (Å²) < 4.78 is 0. The lowest BCUT2D eigenvalue weighted by Gasteiger charge is -2.18. The van der Waals surface area contributed by atoms with E-state index < -0.39 is 0 Å². The molecule has 0 saturated heterocycles. The molecule has 0 spiro atoms. The fraction of sp³-hybridized carbons (Fsp3) is 0.381. The molecule has 2 aromatic rings. The Bertz CT molecular complexity index is 709. The monoisotopic (exact) mass is 290 g/mol. The second-order valence-corrected chi connectivity index (χ2v) is 6.68. The summed E-state index contributed by atoms with van der Waals surface area (Å²) in [5, 5.41) is 0. The highest BCUT2D eigenvalue weighted by Gasteiger charge is 2.22. The molecular formula is C21H22O. The first kappa shape index (κ1) is 13.8. The van der Waals surface area contributed by atoms with Crippen LogP contribution in [0.5, 0.6) is 0 Å². The highest BCUT2D eigenvalue weighted by molar-refractivity contribution is 5.99. The summed E-state index contributed by atoms with van der Waals surface area (Å²) in [6.07, 6.45) is 8.15. The molecule has 0 aliphatic heterocycles. The second-order valence-electron chi connectivity index (χ2n) is 6.68. The number of hydrogen-bond acceptors (Lipinski definition) is 1. The average Bonchev–Trinajstić information content (AvgIpc) is 2.73. The average molecular weight is 290 g/mol. The molecule has 0 fully saturated rings. The van der Waals surface area contributed by atoms with Gasteiger partial charge in [0.15, 0.2) is 5.78 Å². The van der Waals surface area contributed by atoms with Crippen LogP contribution in [0.4, 0.5) is 0 Å². The topological polar surface area (TPSA) is 17.1 Å². The maximum atomic E-state index is 12.6. The lowest BCUT2D eigenvalue weighted by atomic mass is 9.86. The van der Waals surface area contributed by atoms with Gasteiger partial charge in [-0.25, -0.2) is 0 Å². The Hall–Kier alpha value is -1.89. The van der Waals surface area contributed by atoms with Crippen molar-refractivity contribution in [3.8, 4) is 0 Å². The fourth-order valence-corrected chi connectivity index (χ4v) is 3.96. The summed E-state index contributed by atoms with van der Waals surface area (Å²) in [5.41, 5.74) is 7.92. The van der Waals surface area contributed by atoms with Crippen molar-refractivity contribution >= 4 is 5.78 Å². The molecule has 5 aliphatic carbocycles. The number of carbonyl (C=O) groups is 1. The molecular weight excluding hydrogens is 268 g/mol. The lowest BCUT2D eigenvalue weighted by Crippen LogP contribution is -2.11. The van der Waals surface area contributed by atoms with E-state index in [4.69, 9.17) is 0 Å². The van der Waals surface area contributed by atoms with E-state index in [0.717, 1.165) is 56.9 Å². The molecule has 1 nitrogen and oxygen atoms in total. The highest BCUT2D eigenvalue weighted by Crippen LogP contribution is 2.29. The van der Waals surface area contributed by atoms with Crippen molar-refractivity contribution in [2.75, 3.05) is 0 Å². The van der Waals surface area contributed by atoms with Crippen LogP contribution in [0.1, 0.15) is 57.4 Å².